The van der Waals surface area contributed by atoms with Crippen molar-refractivity contribution in [3.63, 3.8) is 0 Å². The molecule has 2 heterocycles. The van der Waals surface area contributed by atoms with Gasteiger partial charge in [0.2, 0.25) is 0 Å². The number of nitrogens with zero attached hydrogens (tertiary/aromatic N) is 6. The number of rotatable bonds is 10. The fraction of sp³-hybridized carbons (Fsp3) is 0.500. The Kier molecular flexibility index (Phi) is 7.05. The number of fused-ring (bicyclic) bond motifs is 3. The van der Waals surface area contributed by atoms with Crippen molar-refractivity contribution in [1.29, 1.82) is 0 Å². The van der Waals surface area contributed by atoms with Gasteiger partial charge in [-0.05, 0) is 69.0 Å². The number of hydrogen-bond donors (Lipinski definition) is 0. The Hall–Kier alpha value is -3.26. The van der Waals surface area contributed by atoms with Gasteiger partial charge in [0.05, 0.1) is 30.3 Å². The Bertz CT molecular complexity index is 1240. The maximum Gasteiger partial charge on any atom is 0.257 e. The van der Waals surface area contributed by atoms with Gasteiger partial charge in [-0.25, -0.2) is 14.6 Å². The van der Waals surface area contributed by atoms with Crippen molar-refractivity contribution in [2.75, 3.05) is 39.8 Å². The highest BCUT2D eigenvalue weighted by Gasteiger charge is 2.35. The molecule has 0 unspecified atom stereocenters. The minimum Gasteiger partial charge on any atom is -0.497 e. The lowest BCUT2D eigenvalue weighted by molar-refractivity contribution is 0.0745. The second-order valence-electron chi connectivity index (χ2n) is 9.61. The van der Waals surface area contributed by atoms with Gasteiger partial charge in [0, 0.05) is 37.3 Å². The molecule has 0 spiro atoms. The number of aromatic nitrogens is 4. The standard InChI is InChI=1S/C28H36N6O2/c1-5-32(6-2)14-15-33(7-3)27(35)24-18-30-34(26(24)20-9-10-20)28-29-17-21-11-8-19-12-13-22(36-4)16-23(19)25(21)31-28/h12-13,16-18,20H,5-11,14-15H2,1-4H3. The van der Waals surface area contributed by atoms with Crippen LogP contribution in [0.15, 0.2) is 30.6 Å². The Labute approximate surface area is 213 Å². The summed E-state index contributed by atoms with van der Waals surface area (Å²) in [5.41, 5.74) is 6.04. The molecule has 0 saturated heterocycles. The van der Waals surface area contributed by atoms with E-state index in [9.17, 15) is 4.79 Å². The van der Waals surface area contributed by atoms with Crippen LogP contribution in [0.1, 0.15) is 66.7 Å². The zero-order valence-electron chi connectivity index (χ0n) is 21.8. The average Bonchev–Trinajstić information content (AvgIpc) is 3.67. The van der Waals surface area contributed by atoms with Gasteiger partial charge < -0.3 is 14.5 Å². The van der Waals surface area contributed by atoms with E-state index in [4.69, 9.17) is 14.7 Å². The van der Waals surface area contributed by atoms with Gasteiger partial charge in [-0.15, -0.1) is 0 Å². The number of likely N-dealkylation sites (N-methyl/N-ethyl adjacent to an activating group) is 2. The number of hydrogen-bond acceptors (Lipinski definition) is 6. The van der Waals surface area contributed by atoms with Crippen molar-refractivity contribution in [1.82, 2.24) is 29.5 Å². The average molecular weight is 489 g/mol. The highest BCUT2D eigenvalue weighted by molar-refractivity contribution is 5.95. The van der Waals surface area contributed by atoms with Crippen LogP contribution in [-0.4, -0.2) is 75.3 Å². The molecule has 2 aliphatic carbocycles. The van der Waals surface area contributed by atoms with Crippen LogP contribution in [-0.2, 0) is 12.8 Å². The summed E-state index contributed by atoms with van der Waals surface area (Å²) in [4.78, 5) is 27.6. The van der Waals surface area contributed by atoms with Crippen LogP contribution in [0.25, 0.3) is 17.2 Å². The van der Waals surface area contributed by atoms with E-state index < -0.39 is 0 Å². The van der Waals surface area contributed by atoms with Gasteiger partial charge in [0.15, 0.2) is 0 Å². The summed E-state index contributed by atoms with van der Waals surface area (Å²) in [6, 6.07) is 6.18. The van der Waals surface area contributed by atoms with E-state index >= 15 is 0 Å². The molecule has 3 aromatic rings. The Balaban J connectivity index is 1.49. The Morgan fingerprint density at radius 1 is 1.06 bits per heavy atom. The fourth-order valence-electron chi connectivity index (χ4n) is 5.11. The number of amides is 1. The van der Waals surface area contributed by atoms with E-state index in [2.05, 4.69) is 36.0 Å². The van der Waals surface area contributed by atoms with Crippen molar-refractivity contribution >= 4 is 5.91 Å². The molecule has 1 fully saturated rings. The van der Waals surface area contributed by atoms with E-state index in [1.54, 1.807) is 18.0 Å². The number of methoxy groups -OCH3 is 1. The van der Waals surface area contributed by atoms with Crippen LogP contribution in [0.2, 0.25) is 0 Å². The quantitative estimate of drug-likeness (QED) is 0.427. The predicted octanol–water partition coefficient (Wildman–Crippen LogP) is 4.12. The lowest BCUT2D eigenvalue weighted by Gasteiger charge is -2.25. The number of aryl methyl sites for hydroxylation is 2. The Morgan fingerprint density at radius 3 is 2.53 bits per heavy atom. The van der Waals surface area contributed by atoms with Crippen molar-refractivity contribution in [3.05, 3.63) is 53.0 Å². The zero-order chi connectivity index (χ0) is 25.2. The van der Waals surface area contributed by atoms with Crippen LogP contribution in [0.5, 0.6) is 5.75 Å². The molecule has 2 aromatic heterocycles. The number of carbonyl (C=O) groups excluding carboxylic acids is 1. The van der Waals surface area contributed by atoms with Crippen molar-refractivity contribution in [2.45, 2.75) is 52.4 Å². The summed E-state index contributed by atoms with van der Waals surface area (Å²) in [6.07, 6.45) is 7.62. The van der Waals surface area contributed by atoms with E-state index in [1.165, 1.54) is 5.56 Å². The van der Waals surface area contributed by atoms with E-state index in [1.807, 2.05) is 24.1 Å². The molecule has 2 aliphatic rings. The lowest BCUT2D eigenvalue weighted by Crippen LogP contribution is -2.38. The van der Waals surface area contributed by atoms with E-state index in [0.29, 0.717) is 30.5 Å². The fourth-order valence-corrected chi connectivity index (χ4v) is 5.11. The van der Waals surface area contributed by atoms with E-state index in [0.717, 1.165) is 73.6 Å². The minimum atomic E-state index is 0.0471. The molecular weight excluding hydrogens is 452 g/mol. The molecule has 0 bridgehead atoms. The third-order valence-corrected chi connectivity index (χ3v) is 7.53. The molecule has 1 saturated carbocycles. The van der Waals surface area contributed by atoms with Gasteiger partial charge in [-0.3, -0.25) is 4.79 Å². The first-order chi connectivity index (χ1) is 17.6. The number of benzene rings is 1. The van der Waals surface area contributed by atoms with Crippen LogP contribution in [0.4, 0.5) is 0 Å². The molecule has 190 valence electrons. The molecule has 8 heteroatoms. The summed E-state index contributed by atoms with van der Waals surface area (Å²) in [5.74, 6) is 1.71. The smallest absolute Gasteiger partial charge is 0.257 e. The maximum absolute atomic E-state index is 13.6. The number of carbonyl (C=O) groups is 1. The summed E-state index contributed by atoms with van der Waals surface area (Å²) >= 11 is 0. The van der Waals surface area contributed by atoms with E-state index in [-0.39, 0.29) is 5.91 Å². The highest BCUT2D eigenvalue weighted by atomic mass is 16.5. The van der Waals surface area contributed by atoms with Crippen molar-refractivity contribution in [3.8, 4) is 23.0 Å². The van der Waals surface area contributed by atoms with Gasteiger partial charge in [0.25, 0.3) is 11.9 Å². The van der Waals surface area contributed by atoms with Gasteiger partial charge >= 0.3 is 0 Å². The first kappa shape index (κ1) is 24.4. The SMILES string of the molecule is CCN(CC)CCN(CC)C(=O)c1cnn(-c2ncc3c(n2)-c2cc(OC)ccc2CC3)c1C1CC1. The molecule has 36 heavy (non-hydrogen) atoms. The zero-order valence-corrected chi connectivity index (χ0v) is 21.8. The summed E-state index contributed by atoms with van der Waals surface area (Å²) < 4.78 is 7.28. The Morgan fingerprint density at radius 2 is 1.83 bits per heavy atom. The van der Waals surface area contributed by atoms with Crippen LogP contribution < -0.4 is 4.74 Å². The minimum absolute atomic E-state index is 0.0471. The van der Waals surface area contributed by atoms with Crippen LogP contribution in [0, 0.1) is 0 Å². The molecule has 0 atom stereocenters. The van der Waals surface area contributed by atoms with Crippen molar-refractivity contribution in [2.24, 2.45) is 0 Å². The highest BCUT2D eigenvalue weighted by Crippen LogP contribution is 2.43. The monoisotopic (exact) mass is 488 g/mol. The van der Waals surface area contributed by atoms with Gasteiger partial charge in [-0.2, -0.15) is 5.10 Å². The lowest BCUT2D eigenvalue weighted by atomic mass is 9.90. The second-order valence-corrected chi connectivity index (χ2v) is 9.61. The summed E-state index contributed by atoms with van der Waals surface area (Å²) in [6.45, 7) is 10.6. The molecule has 5 rings (SSSR count). The topological polar surface area (TPSA) is 76.4 Å². The molecule has 0 aliphatic heterocycles. The third kappa shape index (κ3) is 4.62. The molecule has 1 aromatic carbocycles. The largest absolute Gasteiger partial charge is 0.497 e. The van der Waals surface area contributed by atoms with Gasteiger partial charge in [0.1, 0.15) is 5.75 Å². The summed E-state index contributed by atoms with van der Waals surface area (Å²) in [5, 5.41) is 4.66. The second kappa shape index (κ2) is 10.4. The van der Waals surface area contributed by atoms with Crippen LogP contribution in [0.3, 0.4) is 0 Å². The van der Waals surface area contributed by atoms with Crippen LogP contribution >= 0.6 is 0 Å². The first-order valence-corrected chi connectivity index (χ1v) is 13.2. The number of ether oxygens (including phenoxy) is 1. The molecular formula is C28H36N6O2. The summed E-state index contributed by atoms with van der Waals surface area (Å²) in [7, 11) is 1.68. The molecule has 0 radical (unpaired) electrons. The first-order valence-electron chi connectivity index (χ1n) is 13.2. The predicted molar refractivity (Wildman–Crippen MR) is 140 cm³/mol. The molecule has 8 nitrogen and oxygen atoms in total. The van der Waals surface area contributed by atoms with Crippen molar-refractivity contribution < 1.29 is 9.53 Å². The molecule has 1 amide bonds. The maximum atomic E-state index is 13.6. The molecule has 0 N–H and O–H groups in total. The normalized spacial score (nSPS) is 14.5. The van der Waals surface area contributed by atoms with Gasteiger partial charge in [-0.1, -0.05) is 19.9 Å². The third-order valence-electron chi connectivity index (χ3n) is 7.53.